The van der Waals surface area contributed by atoms with E-state index in [1.807, 2.05) is 12.1 Å². The van der Waals surface area contributed by atoms with Gasteiger partial charge in [0, 0.05) is 31.9 Å². The molecule has 106 valence electrons. The van der Waals surface area contributed by atoms with Gasteiger partial charge in [-0.1, -0.05) is 6.07 Å². The average molecular weight is 275 g/mol. The highest BCUT2D eigenvalue weighted by atomic mass is 19.4. The number of nitrogens with one attached hydrogen (secondary N) is 1. The van der Waals surface area contributed by atoms with Crippen LogP contribution >= 0.6 is 0 Å². The summed E-state index contributed by atoms with van der Waals surface area (Å²) in [5.74, 6) is -0.375. The van der Waals surface area contributed by atoms with E-state index in [1.54, 1.807) is 19.3 Å². The number of carbonyl (C=O) groups is 1. The highest BCUT2D eigenvalue weighted by Gasteiger charge is 2.26. The molecule has 4 nitrogen and oxygen atoms in total. The zero-order chi connectivity index (χ0) is 14.3. The number of hydrogen-bond donors (Lipinski definition) is 1. The van der Waals surface area contributed by atoms with Crippen LogP contribution < -0.4 is 5.32 Å². The molecule has 1 N–H and O–H groups in total. The van der Waals surface area contributed by atoms with Crippen LogP contribution in [0.4, 0.5) is 13.2 Å². The Balaban J connectivity index is 2.25. The first kappa shape index (κ1) is 15.4. The van der Waals surface area contributed by atoms with Crippen LogP contribution in [-0.2, 0) is 11.2 Å². The summed E-state index contributed by atoms with van der Waals surface area (Å²) in [6.07, 6.45) is -2.07. The largest absolute Gasteiger partial charge is 0.401 e. The van der Waals surface area contributed by atoms with Gasteiger partial charge in [0.1, 0.15) is 0 Å². The van der Waals surface area contributed by atoms with Crippen LogP contribution in [0.15, 0.2) is 24.4 Å². The third kappa shape index (κ3) is 6.76. The van der Waals surface area contributed by atoms with Crippen LogP contribution in [0.1, 0.15) is 5.69 Å². The monoisotopic (exact) mass is 275 g/mol. The van der Waals surface area contributed by atoms with Gasteiger partial charge in [0.25, 0.3) is 0 Å². The summed E-state index contributed by atoms with van der Waals surface area (Å²) in [4.78, 5) is 17.0. The second kappa shape index (κ2) is 7.08. The number of nitrogens with zero attached hydrogens (tertiary/aromatic N) is 2. The van der Waals surface area contributed by atoms with Gasteiger partial charge in [0.2, 0.25) is 5.91 Å². The molecule has 0 saturated carbocycles. The van der Waals surface area contributed by atoms with Crippen molar-refractivity contribution in [2.24, 2.45) is 0 Å². The molecule has 1 aromatic rings. The molecule has 0 aliphatic heterocycles. The van der Waals surface area contributed by atoms with Crippen molar-refractivity contribution >= 4 is 5.91 Å². The SMILES string of the molecule is CN(CCc1ccccn1)C(=O)CNCC(F)(F)F. The van der Waals surface area contributed by atoms with Gasteiger partial charge in [0.15, 0.2) is 0 Å². The summed E-state index contributed by atoms with van der Waals surface area (Å²) in [6, 6.07) is 5.47. The highest BCUT2D eigenvalue weighted by Crippen LogP contribution is 2.11. The lowest BCUT2D eigenvalue weighted by atomic mass is 10.2. The summed E-state index contributed by atoms with van der Waals surface area (Å²) in [5, 5.41) is 2.07. The standard InChI is InChI=1S/C12H16F3N3O/c1-18(7-5-10-4-2-3-6-17-10)11(19)8-16-9-12(13,14)15/h2-4,6,16H,5,7-9H2,1H3. The number of hydrogen-bond acceptors (Lipinski definition) is 3. The van der Waals surface area contributed by atoms with Crippen molar-refractivity contribution in [1.29, 1.82) is 0 Å². The molecule has 0 bridgehead atoms. The lowest BCUT2D eigenvalue weighted by Gasteiger charge is -2.17. The van der Waals surface area contributed by atoms with Crippen molar-refractivity contribution in [3.63, 3.8) is 0 Å². The minimum atomic E-state index is -4.30. The van der Waals surface area contributed by atoms with E-state index in [2.05, 4.69) is 10.3 Å². The van der Waals surface area contributed by atoms with E-state index in [4.69, 9.17) is 0 Å². The van der Waals surface area contributed by atoms with Crippen molar-refractivity contribution < 1.29 is 18.0 Å². The van der Waals surface area contributed by atoms with Crippen LogP contribution in [0.5, 0.6) is 0 Å². The predicted molar refractivity (Wildman–Crippen MR) is 64.5 cm³/mol. The van der Waals surface area contributed by atoms with Gasteiger partial charge < -0.3 is 10.2 Å². The number of pyridine rings is 1. The fourth-order valence-electron chi connectivity index (χ4n) is 1.40. The number of alkyl halides is 3. The molecule has 1 rings (SSSR count). The second-order valence-corrected chi connectivity index (χ2v) is 4.11. The normalized spacial score (nSPS) is 11.4. The number of rotatable bonds is 6. The Bertz CT molecular complexity index is 395. The Morgan fingerprint density at radius 2 is 2.16 bits per heavy atom. The number of aromatic nitrogens is 1. The molecule has 0 unspecified atom stereocenters. The minimum absolute atomic E-state index is 0.321. The molecule has 0 aliphatic carbocycles. The topological polar surface area (TPSA) is 45.2 Å². The number of likely N-dealkylation sites (N-methyl/N-ethyl adjacent to an activating group) is 1. The van der Waals surface area contributed by atoms with Gasteiger partial charge in [-0.05, 0) is 12.1 Å². The van der Waals surface area contributed by atoms with Crippen molar-refractivity contribution in [3.8, 4) is 0 Å². The number of carbonyl (C=O) groups excluding carboxylic acids is 1. The maximum atomic E-state index is 11.9. The number of amides is 1. The quantitative estimate of drug-likeness (QED) is 0.849. The fourth-order valence-corrected chi connectivity index (χ4v) is 1.40. The summed E-state index contributed by atoms with van der Waals surface area (Å²) >= 11 is 0. The molecular weight excluding hydrogens is 259 g/mol. The second-order valence-electron chi connectivity index (χ2n) is 4.11. The van der Waals surface area contributed by atoms with E-state index in [-0.39, 0.29) is 12.5 Å². The van der Waals surface area contributed by atoms with E-state index in [1.165, 1.54) is 4.90 Å². The Morgan fingerprint density at radius 3 is 2.74 bits per heavy atom. The molecule has 7 heteroatoms. The van der Waals surface area contributed by atoms with Gasteiger partial charge in [-0.25, -0.2) is 0 Å². The van der Waals surface area contributed by atoms with Gasteiger partial charge in [-0.3, -0.25) is 9.78 Å². The molecule has 0 aromatic carbocycles. The molecule has 0 saturated heterocycles. The molecule has 0 spiro atoms. The molecule has 1 amide bonds. The van der Waals surface area contributed by atoms with Crippen LogP contribution in [-0.4, -0.2) is 48.6 Å². The van der Waals surface area contributed by atoms with E-state index in [0.717, 1.165) is 5.69 Å². The Kier molecular flexibility index (Phi) is 5.75. The molecule has 0 fully saturated rings. The minimum Gasteiger partial charge on any atom is -0.344 e. The lowest BCUT2D eigenvalue weighted by Crippen LogP contribution is -2.39. The van der Waals surface area contributed by atoms with Crippen molar-refractivity contribution in [1.82, 2.24) is 15.2 Å². The van der Waals surface area contributed by atoms with Crippen LogP contribution in [0.3, 0.4) is 0 Å². The molecule has 0 atom stereocenters. The lowest BCUT2D eigenvalue weighted by molar-refractivity contribution is -0.133. The Labute approximate surface area is 109 Å². The summed E-state index contributed by atoms with van der Waals surface area (Å²) < 4.78 is 35.6. The molecule has 19 heavy (non-hydrogen) atoms. The smallest absolute Gasteiger partial charge is 0.344 e. The van der Waals surface area contributed by atoms with Gasteiger partial charge >= 0.3 is 6.18 Å². The predicted octanol–water partition coefficient (Wildman–Crippen LogP) is 1.23. The fraction of sp³-hybridized carbons (Fsp3) is 0.500. The first-order chi connectivity index (χ1) is 8.88. The Morgan fingerprint density at radius 1 is 1.42 bits per heavy atom. The van der Waals surface area contributed by atoms with E-state index in [9.17, 15) is 18.0 Å². The zero-order valence-corrected chi connectivity index (χ0v) is 10.6. The van der Waals surface area contributed by atoms with Crippen LogP contribution in [0.2, 0.25) is 0 Å². The summed E-state index contributed by atoms with van der Waals surface area (Å²) in [6.45, 7) is -1.06. The van der Waals surface area contributed by atoms with Gasteiger partial charge in [0.05, 0.1) is 13.1 Å². The molecule has 0 radical (unpaired) electrons. The molecule has 1 aromatic heterocycles. The zero-order valence-electron chi connectivity index (χ0n) is 10.6. The third-order valence-electron chi connectivity index (χ3n) is 2.46. The average Bonchev–Trinajstić information content (AvgIpc) is 2.35. The van der Waals surface area contributed by atoms with Crippen LogP contribution in [0, 0.1) is 0 Å². The first-order valence-corrected chi connectivity index (χ1v) is 5.80. The summed E-state index contributed by atoms with van der Waals surface area (Å²) in [7, 11) is 1.56. The number of halogens is 3. The van der Waals surface area contributed by atoms with E-state index < -0.39 is 12.7 Å². The molecule has 0 aliphatic rings. The highest BCUT2D eigenvalue weighted by molar-refractivity contribution is 5.77. The third-order valence-corrected chi connectivity index (χ3v) is 2.46. The maximum Gasteiger partial charge on any atom is 0.401 e. The van der Waals surface area contributed by atoms with Gasteiger partial charge in [-0.15, -0.1) is 0 Å². The van der Waals surface area contributed by atoms with Gasteiger partial charge in [-0.2, -0.15) is 13.2 Å². The maximum absolute atomic E-state index is 11.9. The van der Waals surface area contributed by atoms with E-state index >= 15 is 0 Å². The molecule has 1 heterocycles. The van der Waals surface area contributed by atoms with Crippen LogP contribution in [0.25, 0.3) is 0 Å². The van der Waals surface area contributed by atoms with Crippen molar-refractivity contribution in [3.05, 3.63) is 30.1 Å². The first-order valence-electron chi connectivity index (χ1n) is 5.80. The summed E-state index contributed by atoms with van der Waals surface area (Å²) in [5.41, 5.74) is 0.838. The molecular formula is C12H16F3N3O. The van der Waals surface area contributed by atoms with E-state index in [0.29, 0.717) is 13.0 Å². The van der Waals surface area contributed by atoms with Crippen molar-refractivity contribution in [2.75, 3.05) is 26.7 Å². The van der Waals surface area contributed by atoms with Crippen molar-refractivity contribution in [2.45, 2.75) is 12.6 Å². The Hall–Kier alpha value is -1.63.